The van der Waals surface area contributed by atoms with Crippen LogP contribution in [0.25, 0.3) is 0 Å². The van der Waals surface area contributed by atoms with Crippen molar-refractivity contribution in [3.63, 3.8) is 0 Å². The highest BCUT2D eigenvalue weighted by atomic mass is 32.2. The van der Waals surface area contributed by atoms with Gasteiger partial charge in [0.25, 0.3) is 11.8 Å². The molecule has 0 aliphatic heterocycles. The van der Waals surface area contributed by atoms with Crippen molar-refractivity contribution in [2.24, 2.45) is 0 Å². The Balaban J connectivity index is 2.53. The molecule has 2 N–H and O–H groups in total. The maximum atomic E-state index is 12.5. The van der Waals surface area contributed by atoms with Crippen LogP contribution in [0.15, 0.2) is 29.2 Å². The summed E-state index contributed by atoms with van der Waals surface area (Å²) in [5.41, 5.74) is -0.280. The van der Waals surface area contributed by atoms with Crippen molar-refractivity contribution in [3.05, 3.63) is 29.8 Å². The van der Waals surface area contributed by atoms with Crippen LogP contribution in [-0.2, 0) is 29.1 Å². The summed E-state index contributed by atoms with van der Waals surface area (Å²) in [6, 6.07) is 5.34. The standard InChI is InChI=1S/C22H34N4O7S/c1-7-26(8-2)34(31,32)17-11-9-16(10-12-17)21(30)23-13-20(29)33-15-19(28)25(6)14-18(27)24-22(3,4)5/h9-12H,7-8,13-15H2,1-6H3,(H,23,30)(H,24,27). The number of ether oxygens (including phenoxy) is 1. The van der Waals surface area contributed by atoms with Gasteiger partial charge in [-0.25, -0.2) is 8.42 Å². The van der Waals surface area contributed by atoms with Crippen molar-refractivity contribution in [1.82, 2.24) is 19.8 Å². The third-order valence-electron chi connectivity index (χ3n) is 4.53. The van der Waals surface area contributed by atoms with E-state index < -0.39 is 46.5 Å². The van der Waals surface area contributed by atoms with Gasteiger partial charge in [-0.3, -0.25) is 19.2 Å². The number of hydrogen-bond acceptors (Lipinski definition) is 7. The molecule has 0 saturated heterocycles. The lowest BCUT2D eigenvalue weighted by Crippen LogP contribution is -2.47. The molecule has 0 aromatic heterocycles. The van der Waals surface area contributed by atoms with Crippen LogP contribution in [0, 0.1) is 0 Å². The van der Waals surface area contributed by atoms with Gasteiger partial charge in [0.1, 0.15) is 6.54 Å². The fourth-order valence-electron chi connectivity index (χ4n) is 2.81. The Hall–Kier alpha value is -2.99. The second-order valence-corrected chi connectivity index (χ2v) is 10.4. The molecular formula is C22H34N4O7S. The molecule has 1 aromatic carbocycles. The number of benzene rings is 1. The van der Waals surface area contributed by atoms with E-state index in [1.807, 2.05) is 20.8 Å². The van der Waals surface area contributed by atoms with Gasteiger partial charge in [-0.15, -0.1) is 0 Å². The van der Waals surface area contributed by atoms with Gasteiger partial charge in [0.2, 0.25) is 15.9 Å². The van der Waals surface area contributed by atoms with E-state index in [0.717, 1.165) is 4.90 Å². The van der Waals surface area contributed by atoms with Gasteiger partial charge in [0.15, 0.2) is 6.61 Å². The molecular weight excluding hydrogens is 464 g/mol. The molecule has 0 aliphatic carbocycles. The maximum absolute atomic E-state index is 12.5. The number of hydrogen-bond donors (Lipinski definition) is 2. The molecule has 0 aliphatic rings. The van der Waals surface area contributed by atoms with Crippen molar-refractivity contribution in [3.8, 4) is 0 Å². The number of carbonyl (C=O) groups excluding carboxylic acids is 4. The average Bonchev–Trinajstić information content (AvgIpc) is 2.75. The first-order valence-electron chi connectivity index (χ1n) is 10.8. The third-order valence-corrected chi connectivity index (χ3v) is 6.59. The third kappa shape index (κ3) is 9.10. The predicted octanol–water partition coefficient (Wildman–Crippen LogP) is 0.363. The smallest absolute Gasteiger partial charge is 0.325 e. The summed E-state index contributed by atoms with van der Waals surface area (Å²) in [5.74, 6) is -2.37. The van der Waals surface area contributed by atoms with Gasteiger partial charge < -0.3 is 20.3 Å². The van der Waals surface area contributed by atoms with E-state index in [9.17, 15) is 27.6 Å². The van der Waals surface area contributed by atoms with Crippen LogP contribution in [0.4, 0.5) is 0 Å². The molecule has 0 unspecified atom stereocenters. The minimum Gasteiger partial charge on any atom is -0.454 e. The van der Waals surface area contributed by atoms with Crippen LogP contribution in [0.5, 0.6) is 0 Å². The van der Waals surface area contributed by atoms with Crippen LogP contribution in [0.2, 0.25) is 0 Å². The van der Waals surface area contributed by atoms with Gasteiger partial charge in [0.05, 0.1) is 11.4 Å². The van der Waals surface area contributed by atoms with E-state index >= 15 is 0 Å². The van der Waals surface area contributed by atoms with Crippen molar-refractivity contribution < 1.29 is 32.3 Å². The number of rotatable bonds is 11. The Bertz CT molecular complexity index is 982. The van der Waals surface area contributed by atoms with E-state index in [2.05, 4.69) is 10.6 Å². The number of likely N-dealkylation sites (N-methyl/N-ethyl adjacent to an activating group) is 1. The average molecular weight is 499 g/mol. The number of amides is 3. The van der Waals surface area contributed by atoms with Crippen LogP contribution < -0.4 is 10.6 Å². The molecule has 0 spiro atoms. The highest BCUT2D eigenvalue weighted by molar-refractivity contribution is 7.89. The summed E-state index contributed by atoms with van der Waals surface area (Å²) in [6.45, 7) is 8.30. The number of nitrogens with zero attached hydrogens (tertiary/aromatic N) is 2. The Morgan fingerprint density at radius 3 is 2.06 bits per heavy atom. The van der Waals surface area contributed by atoms with Gasteiger partial charge >= 0.3 is 5.97 Å². The minimum atomic E-state index is -3.64. The monoisotopic (exact) mass is 498 g/mol. The molecule has 0 bridgehead atoms. The lowest BCUT2D eigenvalue weighted by atomic mass is 10.1. The summed E-state index contributed by atoms with van der Waals surface area (Å²) in [7, 11) is -2.24. The fraction of sp³-hybridized carbons (Fsp3) is 0.545. The van der Waals surface area contributed by atoms with E-state index in [0.29, 0.717) is 13.1 Å². The van der Waals surface area contributed by atoms with Crippen molar-refractivity contribution in [2.45, 2.75) is 45.1 Å². The molecule has 1 aromatic rings. The molecule has 12 heteroatoms. The first-order valence-corrected chi connectivity index (χ1v) is 12.2. The number of sulfonamides is 1. The van der Waals surface area contributed by atoms with E-state index in [-0.39, 0.29) is 22.9 Å². The molecule has 0 saturated carbocycles. The molecule has 0 atom stereocenters. The second kappa shape index (κ2) is 12.5. The predicted molar refractivity (Wildman–Crippen MR) is 125 cm³/mol. The molecule has 0 fully saturated rings. The van der Waals surface area contributed by atoms with Crippen molar-refractivity contribution >= 4 is 33.7 Å². The van der Waals surface area contributed by atoms with Crippen LogP contribution in [-0.4, -0.2) is 86.7 Å². The SMILES string of the molecule is CCN(CC)S(=O)(=O)c1ccc(C(=O)NCC(=O)OCC(=O)N(C)CC(=O)NC(C)(C)C)cc1. The largest absolute Gasteiger partial charge is 0.454 e. The number of carbonyl (C=O) groups is 4. The Morgan fingerprint density at radius 2 is 1.56 bits per heavy atom. The van der Waals surface area contributed by atoms with Crippen molar-refractivity contribution in [1.29, 1.82) is 0 Å². The highest BCUT2D eigenvalue weighted by Crippen LogP contribution is 2.16. The summed E-state index contributed by atoms with van der Waals surface area (Å²) < 4.78 is 31.1. The summed E-state index contributed by atoms with van der Waals surface area (Å²) in [4.78, 5) is 49.2. The maximum Gasteiger partial charge on any atom is 0.325 e. The van der Waals surface area contributed by atoms with Gasteiger partial charge in [-0.1, -0.05) is 13.8 Å². The van der Waals surface area contributed by atoms with Crippen LogP contribution in [0.1, 0.15) is 45.0 Å². The second-order valence-electron chi connectivity index (χ2n) is 8.51. The normalized spacial score (nSPS) is 11.6. The quantitative estimate of drug-likeness (QED) is 0.420. The van der Waals surface area contributed by atoms with Gasteiger partial charge in [0, 0.05) is 31.2 Å². The molecule has 1 rings (SSSR count). The highest BCUT2D eigenvalue weighted by Gasteiger charge is 2.22. The molecule has 3 amide bonds. The molecule has 34 heavy (non-hydrogen) atoms. The zero-order chi connectivity index (χ0) is 26.1. The van der Waals surface area contributed by atoms with Gasteiger partial charge in [-0.05, 0) is 45.0 Å². The Morgan fingerprint density at radius 1 is 1.00 bits per heavy atom. The van der Waals surface area contributed by atoms with Gasteiger partial charge in [-0.2, -0.15) is 4.31 Å². The Kier molecular flexibility index (Phi) is 10.6. The first-order chi connectivity index (χ1) is 15.7. The van der Waals surface area contributed by atoms with E-state index in [1.165, 1.54) is 35.6 Å². The molecule has 11 nitrogen and oxygen atoms in total. The first kappa shape index (κ1) is 29.0. The lowest BCUT2D eigenvalue weighted by molar-refractivity contribution is -0.151. The number of esters is 1. The zero-order valence-electron chi connectivity index (χ0n) is 20.5. The number of nitrogens with one attached hydrogen (secondary N) is 2. The fourth-order valence-corrected chi connectivity index (χ4v) is 4.27. The molecule has 0 heterocycles. The topological polar surface area (TPSA) is 142 Å². The van der Waals surface area contributed by atoms with E-state index in [4.69, 9.17) is 4.74 Å². The summed E-state index contributed by atoms with van der Waals surface area (Å²) >= 11 is 0. The lowest BCUT2D eigenvalue weighted by Gasteiger charge is -2.23. The molecule has 190 valence electrons. The minimum absolute atomic E-state index is 0.0611. The summed E-state index contributed by atoms with van der Waals surface area (Å²) in [6.07, 6.45) is 0. The van der Waals surface area contributed by atoms with Crippen LogP contribution >= 0.6 is 0 Å². The summed E-state index contributed by atoms with van der Waals surface area (Å²) in [5, 5.41) is 5.07. The zero-order valence-corrected chi connectivity index (χ0v) is 21.3. The molecule has 0 radical (unpaired) electrons. The Labute approximate surface area is 200 Å². The van der Waals surface area contributed by atoms with Crippen LogP contribution in [0.3, 0.4) is 0 Å². The van der Waals surface area contributed by atoms with E-state index in [1.54, 1.807) is 13.8 Å². The van der Waals surface area contributed by atoms with Crippen molar-refractivity contribution in [2.75, 3.05) is 39.8 Å².